The lowest BCUT2D eigenvalue weighted by Crippen LogP contribution is -2.40. The quantitative estimate of drug-likeness (QED) is 0.453. The molecule has 0 radical (unpaired) electrons. The van der Waals surface area contributed by atoms with Crippen molar-refractivity contribution in [1.82, 2.24) is 14.7 Å². The van der Waals surface area contributed by atoms with E-state index in [1.165, 1.54) is 0 Å². The summed E-state index contributed by atoms with van der Waals surface area (Å²) in [6.07, 6.45) is 1.99. The first-order valence-electron chi connectivity index (χ1n) is 6.59. The van der Waals surface area contributed by atoms with Crippen LogP contribution in [0.5, 0.6) is 0 Å². The lowest BCUT2D eigenvalue weighted by Gasteiger charge is -2.12. The Morgan fingerprint density at radius 2 is 2.29 bits per heavy atom. The highest BCUT2D eigenvalue weighted by molar-refractivity contribution is 14.0. The number of methoxy groups -OCH3 is 1. The zero-order chi connectivity index (χ0) is 14.5. The van der Waals surface area contributed by atoms with E-state index in [9.17, 15) is 0 Å². The number of nitrogens with one attached hydrogen (secondary N) is 1. The number of rotatable bonds is 5. The fourth-order valence-corrected chi connectivity index (χ4v) is 2.03. The van der Waals surface area contributed by atoms with Gasteiger partial charge in [-0.05, 0) is 26.0 Å². The summed E-state index contributed by atoms with van der Waals surface area (Å²) in [5.74, 6) is 0.406. The number of guanidine groups is 1. The van der Waals surface area contributed by atoms with Crippen LogP contribution in [0.15, 0.2) is 29.4 Å². The van der Waals surface area contributed by atoms with Gasteiger partial charge in [0.05, 0.1) is 18.8 Å². The maximum Gasteiger partial charge on any atom is 0.189 e. The highest BCUT2D eigenvalue weighted by Crippen LogP contribution is 2.08. The Morgan fingerprint density at radius 3 is 2.95 bits per heavy atom. The number of hydrogen-bond acceptors (Lipinski definition) is 3. The van der Waals surface area contributed by atoms with Crippen molar-refractivity contribution < 1.29 is 4.74 Å². The fourth-order valence-electron chi connectivity index (χ4n) is 2.03. The van der Waals surface area contributed by atoms with Gasteiger partial charge in [-0.15, -0.1) is 24.0 Å². The number of halogens is 1. The monoisotopic (exact) mass is 403 g/mol. The van der Waals surface area contributed by atoms with Crippen molar-refractivity contribution >= 4 is 35.6 Å². The highest BCUT2D eigenvalue weighted by Gasteiger charge is 2.04. The Labute approximate surface area is 141 Å². The topological polar surface area (TPSA) is 76.9 Å². The Kier molecular flexibility index (Phi) is 6.90. The van der Waals surface area contributed by atoms with Crippen molar-refractivity contribution in [2.75, 3.05) is 13.7 Å². The zero-order valence-electron chi connectivity index (χ0n) is 12.5. The van der Waals surface area contributed by atoms with E-state index in [1.807, 2.05) is 42.6 Å². The summed E-state index contributed by atoms with van der Waals surface area (Å²) in [5, 5.41) is 3.06. The van der Waals surface area contributed by atoms with Crippen molar-refractivity contribution in [3.63, 3.8) is 0 Å². The van der Waals surface area contributed by atoms with Gasteiger partial charge in [0.25, 0.3) is 0 Å². The van der Waals surface area contributed by atoms with E-state index in [0.717, 1.165) is 17.0 Å². The molecule has 0 aliphatic rings. The van der Waals surface area contributed by atoms with Gasteiger partial charge in [0.15, 0.2) is 5.96 Å². The Bertz CT molecular complexity index is 610. The molecule has 2 heterocycles. The molecule has 1 unspecified atom stereocenters. The number of ether oxygens (including phenoxy) is 1. The molecule has 21 heavy (non-hydrogen) atoms. The molecule has 7 heteroatoms. The molecule has 2 aromatic heterocycles. The molecular formula is C14H22IN5O. The molecule has 0 aliphatic heterocycles. The zero-order valence-corrected chi connectivity index (χ0v) is 14.9. The molecule has 0 spiro atoms. The van der Waals surface area contributed by atoms with Crippen LogP contribution in [-0.2, 0) is 11.3 Å². The number of pyridine rings is 1. The molecule has 0 fully saturated rings. The van der Waals surface area contributed by atoms with Gasteiger partial charge in [0.2, 0.25) is 0 Å². The van der Waals surface area contributed by atoms with Crippen LogP contribution in [0, 0.1) is 6.92 Å². The molecule has 116 valence electrons. The molecule has 1 atom stereocenters. The summed E-state index contributed by atoms with van der Waals surface area (Å²) >= 11 is 0. The average Bonchev–Trinajstić information content (AvgIpc) is 2.81. The predicted octanol–water partition coefficient (Wildman–Crippen LogP) is 1.70. The minimum absolute atomic E-state index is 0. The normalized spacial score (nSPS) is 13.0. The Hall–Kier alpha value is -1.35. The van der Waals surface area contributed by atoms with Crippen LogP contribution in [0.2, 0.25) is 0 Å². The molecule has 0 saturated heterocycles. The van der Waals surface area contributed by atoms with Crippen molar-refractivity contribution in [2.24, 2.45) is 10.7 Å². The van der Waals surface area contributed by atoms with Gasteiger partial charge in [-0.3, -0.25) is 0 Å². The second-order valence-corrected chi connectivity index (χ2v) is 4.83. The molecule has 0 saturated carbocycles. The van der Waals surface area contributed by atoms with E-state index in [0.29, 0.717) is 19.1 Å². The molecule has 0 bridgehead atoms. The van der Waals surface area contributed by atoms with Crippen molar-refractivity contribution in [2.45, 2.75) is 26.4 Å². The number of fused-ring (bicyclic) bond motifs is 1. The smallest absolute Gasteiger partial charge is 0.189 e. The first-order chi connectivity index (χ1) is 9.60. The van der Waals surface area contributed by atoms with E-state index >= 15 is 0 Å². The third-order valence-electron chi connectivity index (χ3n) is 2.97. The third kappa shape index (κ3) is 4.85. The molecular weight excluding hydrogens is 381 g/mol. The summed E-state index contributed by atoms with van der Waals surface area (Å²) in [6, 6.07) is 6.15. The summed E-state index contributed by atoms with van der Waals surface area (Å²) < 4.78 is 7.08. The van der Waals surface area contributed by atoms with Gasteiger partial charge in [-0.2, -0.15) is 0 Å². The summed E-state index contributed by atoms with van der Waals surface area (Å²) in [6.45, 7) is 5.08. The van der Waals surface area contributed by atoms with Crippen molar-refractivity contribution in [1.29, 1.82) is 0 Å². The van der Waals surface area contributed by atoms with Gasteiger partial charge in [-0.25, -0.2) is 9.98 Å². The number of aliphatic imine (C=N–C) groups is 1. The molecule has 0 amide bonds. The standard InChI is InChI=1S/C14H21N5O.HI/c1-10(9-20-3)17-14(15)16-7-12-8-19-11(2)5-4-6-13(19)18-12;/h4-6,8,10H,7,9H2,1-3H3,(H3,15,16,17);1H. The van der Waals surface area contributed by atoms with E-state index in [1.54, 1.807) is 7.11 Å². The lowest BCUT2D eigenvalue weighted by atomic mass is 10.4. The summed E-state index contributed by atoms with van der Waals surface area (Å²) in [4.78, 5) is 8.80. The van der Waals surface area contributed by atoms with Gasteiger partial charge in [0, 0.05) is 25.0 Å². The number of hydrogen-bond donors (Lipinski definition) is 2. The maximum absolute atomic E-state index is 5.83. The highest BCUT2D eigenvalue weighted by atomic mass is 127. The minimum atomic E-state index is 0. The number of aromatic nitrogens is 2. The molecule has 6 nitrogen and oxygen atoms in total. The number of imidazole rings is 1. The third-order valence-corrected chi connectivity index (χ3v) is 2.97. The number of nitrogens with zero attached hydrogens (tertiary/aromatic N) is 3. The van der Waals surface area contributed by atoms with Crippen LogP contribution in [0.3, 0.4) is 0 Å². The molecule has 2 rings (SSSR count). The van der Waals surface area contributed by atoms with Crippen LogP contribution in [0.25, 0.3) is 5.65 Å². The van der Waals surface area contributed by atoms with Crippen LogP contribution in [0.1, 0.15) is 18.3 Å². The molecule has 0 aromatic carbocycles. The van der Waals surface area contributed by atoms with E-state index in [4.69, 9.17) is 10.5 Å². The summed E-state index contributed by atoms with van der Waals surface area (Å²) in [5.41, 5.74) is 8.79. The van der Waals surface area contributed by atoms with Crippen LogP contribution >= 0.6 is 24.0 Å². The van der Waals surface area contributed by atoms with Crippen LogP contribution in [-0.4, -0.2) is 35.1 Å². The average molecular weight is 403 g/mol. The van der Waals surface area contributed by atoms with Crippen molar-refractivity contribution in [3.05, 3.63) is 35.8 Å². The number of nitrogens with two attached hydrogens (primary N) is 1. The minimum Gasteiger partial charge on any atom is -0.383 e. The van der Waals surface area contributed by atoms with Crippen molar-refractivity contribution in [3.8, 4) is 0 Å². The Balaban J connectivity index is 0.00000220. The SMILES string of the molecule is COCC(C)NC(N)=NCc1cn2c(C)cccc2n1.I. The number of aryl methyl sites for hydroxylation is 1. The van der Waals surface area contributed by atoms with Crippen LogP contribution < -0.4 is 11.1 Å². The van der Waals surface area contributed by atoms with E-state index in [2.05, 4.69) is 15.3 Å². The second-order valence-electron chi connectivity index (χ2n) is 4.83. The molecule has 2 aromatic rings. The first kappa shape index (κ1) is 17.7. The van der Waals surface area contributed by atoms with Gasteiger partial charge >= 0.3 is 0 Å². The van der Waals surface area contributed by atoms with Crippen LogP contribution in [0.4, 0.5) is 0 Å². The predicted molar refractivity (Wildman–Crippen MR) is 95.1 cm³/mol. The fraction of sp³-hybridized carbons (Fsp3) is 0.429. The second kappa shape index (κ2) is 8.18. The van der Waals surface area contributed by atoms with E-state index in [-0.39, 0.29) is 30.0 Å². The van der Waals surface area contributed by atoms with Gasteiger partial charge in [0.1, 0.15) is 5.65 Å². The molecule has 3 N–H and O–H groups in total. The van der Waals surface area contributed by atoms with E-state index < -0.39 is 0 Å². The largest absolute Gasteiger partial charge is 0.383 e. The van der Waals surface area contributed by atoms with Gasteiger partial charge in [-0.1, -0.05) is 6.07 Å². The first-order valence-corrected chi connectivity index (χ1v) is 6.59. The maximum atomic E-state index is 5.83. The molecule has 0 aliphatic carbocycles. The van der Waals surface area contributed by atoms with Gasteiger partial charge < -0.3 is 20.2 Å². The Morgan fingerprint density at radius 1 is 1.52 bits per heavy atom. The lowest BCUT2D eigenvalue weighted by molar-refractivity contribution is 0.179. The summed E-state index contributed by atoms with van der Waals surface area (Å²) in [7, 11) is 1.66.